The molecule has 1 amide bonds. The number of nitrogens with one attached hydrogen (secondary N) is 2. The smallest absolute Gasteiger partial charge is 0.277 e. The van der Waals surface area contributed by atoms with Gasteiger partial charge in [0.05, 0.1) is 5.75 Å². The van der Waals surface area contributed by atoms with E-state index in [-0.39, 0.29) is 17.7 Å². The van der Waals surface area contributed by atoms with E-state index in [4.69, 9.17) is 4.42 Å². The molecule has 0 radical (unpaired) electrons. The molecule has 5 N–H and O–H groups in total. The van der Waals surface area contributed by atoms with E-state index < -0.39 is 0 Å². The van der Waals surface area contributed by atoms with Gasteiger partial charge in [0.1, 0.15) is 0 Å². The molecule has 1 atom stereocenters. The number of rotatable bonds is 7. The molecular formula is C22H24N5O2S+. The summed E-state index contributed by atoms with van der Waals surface area (Å²) in [4.78, 5) is 15.6. The number of amides is 1. The van der Waals surface area contributed by atoms with Gasteiger partial charge in [0.15, 0.2) is 6.04 Å². The standard InChI is InChI=1S/C22H23N5O2S/c1-13-6-5-9-18(14(13)2)25-20(28)12-30-22-27-26-21(29-22)17(23)10-15-11-24-19-8-4-3-7-16(15)19/h3-9,11,17,24H,10,12,23H2,1-2H3,(H,25,28)/p+1. The van der Waals surface area contributed by atoms with E-state index in [1.807, 2.05) is 56.4 Å². The average molecular weight is 423 g/mol. The lowest BCUT2D eigenvalue weighted by Gasteiger charge is -2.09. The lowest BCUT2D eigenvalue weighted by molar-refractivity contribution is -0.431. The lowest BCUT2D eigenvalue weighted by atomic mass is 10.1. The van der Waals surface area contributed by atoms with Crippen LogP contribution in [0.5, 0.6) is 0 Å². The third-order valence-electron chi connectivity index (χ3n) is 5.12. The van der Waals surface area contributed by atoms with Crippen molar-refractivity contribution in [2.45, 2.75) is 31.5 Å². The number of aromatic amines is 1. The molecule has 0 fully saturated rings. The molecule has 1 unspecified atom stereocenters. The SMILES string of the molecule is Cc1cccc(NC(=O)CSc2nnc(C([NH3+])Cc3c[nH]c4ccccc34)o2)c1C. The van der Waals surface area contributed by atoms with Crippen molar-refractivity contribution >= 4 is 34.3 Å². The number of nitrogens with zero attached hydrogens (tertiary/aromatic N) is 2. The molecule has 0 aliphatic carbocycles. The van der Waals surface area contributed by atoms with Crippen LogP contribution in [0.15, 0.2) is 58.3 Å². The van der Waals surface area contributed by atoms with E-state index in [0.717, 1.165) is 27.9 Å². The Balaban J connectivity index is 1.34. The molecule has 2 heterocycles. The first-order valence-electron chi connectivity index (χ1n) is 9.71. The number of para-hydroxylation sites is 1. The molecular weight excluding hydrogens is 398 g/mol. The van der Waals surface area contributed by atoms with Crippen LogP contribution < -0.4 is 11.1 Å². The van der Waals surface area contributed by atoms with E-state index in [2.05, 4.69) is 32.3 Å². The van der Waals surface area contributed by atoms with Crippen molar-refractivity contribution in [3.05, 3.63) is 71.2 Å². The molecule has 0 saturated heterocycles. The fourth-order valence-corrected chi connectivity index (χ4v) is 3.87. The number of H-pyrrole nitrogens is 1. The molecule has 30 heavy (non-hydrogen) atoms. The first-order chi connectivity index (χ1) is 14.5. The van der Waals surface area contributed by atoms with Crippen LogP contribution in [0.25, 0.3) is 10.9 Å². The Morgan fingerprint density at radius 3 is 2.90 bits per heavy atom. The molecule has 2 aromatic heterocycles. The van der Waals surface area contributed by atoms with E-state index in [9.17, 15) is 4.79 Å². The Kier molecular flexibility index (Phi) is 5.87. The van der Waals surface area contributed by atoms with Gasteiger partial charge in [-0.15, -0.1) is 10.2 Å². The topological polar surface area (TPSA) is 111 Å². The molecule has 4 aromatic rings. The van der Waals surface area contributed by atoms with Gasteiger partial charge >= 0.3 is 0 Å². The Morgan fingerprint density at radius 2 is 2.03 bits per heavy atom. The molecule has 0 aliphatic rings. The van der Waals surface area contributed by atoms with Gasteiger partial charge in [-0.25, -0.2) is 0 Å². The quantitative estimate of drug-likeness (QED) is 0.395. The number of aromatic nitrogens is 3. The minimum Gasteiger partial charge on any atom is -0.410 e. The normalized spacial score (nSPS) is 12.2. The third kappa shape index (κ3) is 4.39. The van der Waals surface area contributed by atoms with Gasteiger partial charge in [-0.05, 0) is 42.7 Å². The van der Waals surface area contributed by atoms with Crippen LogP contribution in [0.4, 0.5) is 5.69 Å². The third-order valence-corrected chi connectivity index (χ3v) is 5.94. The van der Waals surface area contributed by atoms with Crippen molar-refractivity contribution in [3.63, 3.8) is 0 Å². The van der Waals surface area contributed by atoms with E-state index in [1.165, 1.54) is 17.1 Å². The second-order valence-electron chi connectivity index (χ2n) is 7.25. The van der Waals surface area contributed by atoms with Crippen LogP contribution in [0.2, 0.25) is 0 Å². The highest BCUT2D eigenvalue weighted by molar-refractivity contribution is 7.99. The van der Waals surface area contributed by atoms with E-state index >= 15 is 0 Å². The maximum Gasteiger partial charge on any atom is 0.277 e. The molecule has 0 aliphatic heterocycles. The Labute approximate surface area is 178 Å². The Hall–Kier alpha value is -3.10. The molecule has 0 saturated carbocycles. The molecule has 8 heteroatoms. The van der Waals surface area contributed by atoms with Crippen molar-refractivity contribution in [2.75, 3.05) is 11.1 Å². The van der Waals surface area contributed by atoms with E-state index in [0.29, 0.717) is 17.5 Å². The van der Waals surface area contributed by atoms with Gasteiger partial charge in [-0.2, -0.15) is 0 Å². The molecule has 4 rings (SSSR count). The Bertz CT molecular complexity index is 1180. The van der Waals surface area contributed by atoms with Crippen LogP contribution in [-0.2, 0) is 11.2 Å². The largest absolute Gasteiger partial charge is 0.410 e. The molecule has 7 nitrogen and oxygen atoms in total. The zero-order valence-electron chi connectivity index (χ0n) is 16.9. The number of carbonyl (C=O) groups is 1. The number of aryl methyl sites for hydroxylation is 1. The first-order valence-corrected chi connectivity index (χ1v) is 10.7. The summed E-state index contributed by atoms with van der Waals surface area (Å²) in [5, 5.41) is 12.7. The monoisotopic (exact) mass is 422 g/mol. The fraction of sp³-hybridized carbons (Fsp3) is 0.227. The summed E-state index contributed by atoms with van der Waals surface area (Å²) in [6.07, 6.45) is 2.68. The van der Waals surface area contributed by atoms with Crippen LogP contribution in [0, 0.1) is 13.8 Å². The maximum absolute atomic E-state index is 12.3. The lowest BCUT2D eigenvalue weighted by Crippen LogP contribution is -2.54. The predicted octanol–water partition coefficient (Wildman–Crippen LogP) is 3.42. The summed E-state index contributed by atoms with van der Waals surface area (Å²) in [5.41, 5.74) is 9.45. The molecule has 2 aromatic carbocycles. The van der Waals surface area contributed by atoms with Crippen molar-refractivity contribution in [2.24, 2.45) is 0 Å². The van der Waals surface area contributed by atoms with Crippen LogP contribution in [0.1, 0.15) is 28.6 Å². The van der Waals surface area contributed by atoms with E-state index in [1.54, 1.807) is 0 Å². The van der Waals surface area contributed by atoms with Crippen LogP contribution in [-0.4, -0.2) is 26.8 Å². The summed E-state index contributed by atoms with van der Waals surface area (Å²) in [7, 11) is 0. The maximum atomic E-state index is 12.3. The van der Waals surface area contributed by atoms with Crippen molar-refractivity contribution in [1.29, 1.82) is 0 Å². The number of anilines is 1. The summed E-state index contributed by atoms with van der Waals surface area (Å²) in [6.45, 7) is 4.01. The number of benzene rings is 2. The number of hydrogen-bond donors (Lipinski definition) is 3. The van der Waals surface area contributed by atoms with Crippen molar-refractivity contribution in [1.82, 2.24) is 15.2 Å². The first kappa shape index (κ1) is 20.2. The zero-order chi connectivity index (χ0) is 21.1. The zero-order valence-corrected chi connectivity index (χ0v) is 17.8. The number of quaternary nitrogens is 1. The minimum absolute atomic E-state index is 0.113. The van der Waals surface area contributed by atoms with Gasteiger partial charge in [0.25, 0.3) is 11.1 Å². The average Bonchev–Trinajstić information content (AvgIpc) is 3.38. The number of hydrogen-bond acceptors (Lipinski definition) is 5. The highest BCUT2D eigenvalue weighted by Crippen LogP contribution is 2.24. The highest BCUT2D eigenvalue weighted by atomic mass is 32.2. The second kappa shape index (κ2) is 8.73. The summed E-state index contributed by atoms with van der Waals surface area (Å²) < 4.78 is 5.74. The van der Waals surface area contributed by atoms with Gasteiger partial charge in [0.2, 0.25) is 5.91 Å². The van der Waals surface area contributed by atoms with Crippen molar-refractivity contribution < 1.29 is 14.9 Å². The van der Waals surface area contributed by atoms with Crippen LogP contribution in [0.3, 0.4) is 0 Å². The van der Waals surface area contributed by atoms with Gasteiger partial charge in [-0.1, -0.05) is 42.1 Å². The predicted molar refractivity (Wildman–Crippen MR) is 117 cm³/mol. The summed E-state index contributed by atoms with van der Waals surface area (Å²) in [6, 6.07) is 13.8. The summed E-state index contributed by atoms with van der Waals surface area (Å²) >= 11 is 1.22. The summed E-state index contributed by atoms with van der Waals surface area (Å²) in [5.74, 6) is 0.551. The van der Waals surface area contributed by atoms with Crippen LogP contribution >= 0.6 is 11.8 Å². The molecule has 154 valence electrons. The highest BCUT2D eigenvalue weighted by Gasteiger charge is 2.20. The number of fused-ring (bicyclic) bond motifs is 1. The number of carbonyl (C=O) groups excluding carboxylic acids is 1. The Morgan fingerprint density at radius 1 is 1.20 bits per heavy atom. The second-order valence-corrected chi connectivity index (χ2v) is 8.18. The van der Waals surface area contributed by atoms with Gasteiger partial charge < -0.3 is 20.5 Å². The minimum atomic E-state index is -0.171. The van der Waals surface area contributed by atoms with Crippen molar-refractivity contribution in [3.8, 4) is 0 Å². The molecule has 0 bridgehead atoms. The molecule has 0 spiro atoms. The fourth-order valence-electron chi connectivity index (χ4n) is 3.30. The van der Waals surface area contributed by atoms with Gasteiger partial charge in [0, 0.05) is 29.2 Å². The van der Waals surface area contributed by atoms with Gasteiger partial charge in [-0.3, -0.25) is 4.79 Å². The number of thioether (sulfide) groups is 1.